The molecular formula is C20H26IN5. The zero-order valence-corrected chi connectivity index (χ0v) is 17.8. The Bertz CT molecular complexity index is 871. The van der Waals surface area contributed by atoms with Crippen molar-refractivity contribution in [3.8, 4) is 0 Å². The van der Waals surface area contributed by atoms with E-state index in [0.717, 1.165) is 36.7 Å². The first-order valence-electron chi connectivity index (χ1n) is 8.54. The number of para-hydroxylation sites is 1. The molecule has 26 heavy (non-hydrogen) atoms. The maximum Gasteiger partial charge on any atom is 0.193 e. The molecule has 0 aliphatic heterocycles. The van der Waals surface area contributed by atoms with Crippen LogP contribution in [0.3, 0.4) is 0 Å². The number of halogens is 1. The molecule has 0 saturated carbocycles. The number of hydrogen-bond donors (Lipinski definition) is 1. The third-order valence-electron chi connectivity index (χ3n) is 4.34. The van der Waals surface area contributed by atoms with Crippen molar-refractivity contribution in [3.63, 3.8) is 0 Å². The molecule has 0 amide bonds. The van der Waals surface area contributed by atoms with E-state index in [4.69, 9.17) is 4.98 Å². The fourth-order valence-electron chi connectivity index (χ4n) is 2.91. The van der Waals surface area contributed by atoms with E-state index in [1.165, 1.54) is 11.1 Å². The molecule has 1 N–H and O–H groups in total. The largest absolute Gasteiger partial charge is 0.356 e. The van der Waals surface area contributed by atoms with Crippen molar-refractivity contribution in [3.05, 3.63) is 66.1 Å². The van der Waals surface area contributed by atoms with Gasteiger partial charge in [0.05, 0.1) is 12.1 Å². The third-order valence-corrected chi connectivity index (χ3v) is 4.34. The summed E-state index contributed by atoms with van der Waals surface area (Å²) in [7, 11) is 5.93. The van der Waals surface area contributed by atoms with Crippen LogP contribution in [-0.4, -0.2) is 41.1 Å². The fourth-order valence-corrected chi connectivity index (χ4v) is 2.91. The van der Waals surface area contributed by atoms with Crippen LogP contribution in [0.25, 0.3) is 10.9 Å². The van der Waals surface area contributed by atoms with Crippen molar-refractivity contribution < 1.29 is 0 Å². The number of nitrogens with one attached hydrogen (secondary N) is 1. The van der Waals surface area contributed by atoms with Crippen LogP contribution in [0, 0.1) is 0 Å². The molecule has 0 aliphatic rings. The summed E-state index contributed by atoms with van der Waals surface area (Å²) in [5, 5.41) is 4.60. The van der Waals surface area contributed by atoms with Gasteiger partial charge in [0, 0.05) is 57.1 Å². The first-order valence-corrected chi connectivity index (χ1v) is 8.54. The van der Waals surface area contributed by atoms with Gasteiger partial charge in [-0.15, -0.1) is 24.0 Å². The van der Waals surface area contributed by atoms with E-state index in [1.54, 1.807) is 0 Å². The number of aliphatic imine (C=N–C) groups is 1. The summed E-state index contributed by atoms with van der Waals surface area (Å²) in [5.41, 5.74) is 3.39. The van der Waals surface area contributed by atoms with E-state index in [1.807, 2.05) is 19.2 Å². The summed E-state index contributed by atoms with van der Waals surface area (Å²) in [6.45, 7) is 1.62. The first kappa shape index (κ1) is 20.2. The van der Waals surface area contributed by atoms with E-state index < -0.39 is 0 Å². The summed E-state index contributed by atoms with van der Waals surface area (Å²) < 4.78 is 2.13. The Hall–Kier alpha value is -2.09. The fraction of sp³-hybridized carbons (Fsp3) is 0.300. The lowest BCUT2D eigenvalue weighted by Crippen LogP contribution is -2.39. The molecule has 2 aromatic heterocycles. The number of hydrogen-bond acceptors (Lipinski definition) is 2. The monoisotopic (exact) mass is 463 g/mol. The van der Waals surface area contributed by atoms with E-state index in [9.17, 15) is 0 Å². The molecule has 0 saturated heterocycles. The van der Waals surface area contributed by atoms with Crippen molar-refractivity contribution in [1.29, 1.82) is 0 Å². The van der Waals surface area contributed by atoms with Crippen LogP contribution in [0.1, 0.15) is 11.4 Å². The Morgan fingerprint density at radius 3 is 2.69 bits per heavy atom. The van der Waals surface area contributed by atoms with E-state index in [2.05, 4.69) is 76.5 Å². The van der Waals surface area contributed by atoms with Gasteiger partial charge in [0.25, 0.3) is 0 Å². The van der Waals surface area contributed by atoms with E-state index in [-0.39, 0.29) is 24.0 Å². The summed E-state index contributed by atoms with van der Waals surface area (Å²) in [5.74, 6) is 0.891. The first-order chi connectivity index (χ1) is 12.2. The van der Waals surface area contributed by atoms with Crippen LogP contribution < -0.4 is 5.32 Å². The van der Waals surface area contributed by atoms with Gasteiger partial charge in [-0.3, -0.25) is 9.98 Å². The zero-order chi connectivity index (χ0) is 17.6. The van der Waals surface area contributed by atoms with Gasteiger partial charge >= 0.3 is 0 Å². The van der Waals surface area contributed by atoms with Crippen LogP contribution in [0.4, 0.5) is 0 Å². The van der Waals surface area contributed by atoms with Gasteiger partial charge in [0.1, 0.15) is 0 Å². The molecule has 1 aromatic carbocycles. The predicted octanol–water partition coefficient (Wildman–Crippen LogP) is 3.44. The molecule has 0 aliphatic carbocycles. The number of aryl methyl sites for hydroxylation is 1. The average Bonchev–Trinajstić information content (AvgIpc) is 3.03. The van der Waals surface area contributed by atoms with E-state index in [0.29, 0.717) is 0 Å². The number of rotatable bonds is 5. The molecule has 138 valence electrons. The lowest BCUT2D eigenvalue weighted by atomic mass is 10.2. The number of pyridine rings is 1. The van der Waals surface area contributed by atoms with Crippen LogP contribution in [0.15, 0.2) is 59.7 Å². The van der Waals surface area contributed by atoms with Gasteiger partial charge in [-0.05, 0) is 24.3 Å². The summed E-state index contributed by atoms with van der Waals surface area (Å²) in [4.78, 5) is 11.2. The second-order valence-corrected chi connectivity index (χ2v) is 6.19. The molecule has 0 bridgehead atoms. The lowest BCUT2D eigenvalue weighted by Gasteiger charge is -2.22. The maximum absolute atomic E-state index is 4.72. The van der Waals surface area contributed by atoms with Crippen molar-refractivity contribution in [1.82, 2.24) is 19.8 Å². The Morgan fingerprint density at radius 2 is 1.96 bits per heavy atom. The van der Waals surface area contributed by atoms with Crippen molar-refractivity contribution >= 4 is 40.8 Å². The highest BCUT2D eigenvalue weighted by molar-refractivity contribution is 14.0. The molecular weight excluding hydrogens is 437 g/mol. The van der Waals surface area contributed by atoms with E-state index >= 15 is 0 Å². The topological polar surface area (TPSA) is 45.5 Å². The predicted molar refractivity (Wildman–Crippen MR) is 119 cm³/mol. The Balaban J connectivity index is 0.00000243. The van der Waals surface area contributed by atoms with Gasteiger partial charge in [-0.1, -0.05) is 24.3 Å². The normalized spacial score (nSPS) is 11.3. The number of fused-ring (bicyclic) bond motifs is 1. The summed E-state index contributed by atoms with van der Waals surface area (Å²) in [6.07, 6.45) is 2.92. The molecule has 2 heterocycles. The molecule has 0 spiro atoms. The minimum Gasteiger partial charge on any atom is -0.356 e. The Labute approximate surface area is 172 Å². The lowest BCUT2D eigenvalue weighted by molar-refractivity contribution is 0.462. The molecule has 0 atom stereocenters. The minimum atomic E-state index is 0. The molecule has 3 aromatic rings. The molecule has 0 radical (unpaired) electrons. The Kier molecular flexibility index (Phi) is 7.44. The van der Waals surface area contributed by atoms with Crippen LogP contribution in [0.2, 0.25) is 0 Å². The van der Waals surface area contributed by atoms with Gasteiger partial charge in [0.2, 0.25) is 0 Å². The minimum absolute atomic E-state index is 0. The average molecular weight is 463 g/mol. The molecule has 6 heteroatoms. The molecule has 5 nitrogen and oxygen atoms in total. The van der Waals surface area contributed by atoms with Crippen molar-refractivity contribution in [2.75, 3.05) is 20.6 Å². The molecule has 0 unspecified atom stereocenters. The highest BCUT2D eigenvalue weighted by Gasteiger charge is 2.08. The number of guanidine groups is 1. The Morgan fingerprint density at radius 1 is 1.15 bits per heavy atom. The van der Waals surface area contributed by atoms with Crippen molar-refractivity contribution in [2.24, 2.45) is 12.0 Å². The standard InChI is InChI=1S/C20H25N5.HI/c1-21-20(25(3)15-18-8-6-14-24(18)2)22-13-12-17-11-10-16-7-4-5-9-19(16)23-17;/h4-11,14H,12-13,15H2,1-3H3,(H,21,22);1H. The van der Waals surface area contributed by atoms with Gasteiger partial charge < -0.3 is 14.8 Å². The highest BCUT2D eigenvalue weighted by atomic mass is 127. The zero-order valence-electron chi connectivity index (χ0n) is 15.5. The second-order valence-electron chi connectivity index (χ2n) is 6.19. The number of aromatic nitrogens is 2. The molecule has 0 fully saturated rings. The van der Waals surface area contributed by atoms with Gasteiger partial charge in [0.15, 0.2) is 5.96 Å². The van der Waals surface area contributed by atoms with Crippen LogP contribution >= 0.6 is 24.0 Å². The maximum atomic E-state index is 4.72. The van der Waals surface area contributed by atoms with Gasteiger partial charge in [-0.25, -0.2) is 0 Å². The van der Waals surface area contributed by atoms with Crippen molar-refractivity contribution in [2.45, 2.75) is 13.0 Å². The quantitative estimate of drug-likeness (QED) is 0.358. The SMILES string of the molecule is CN=C(NCCc1ccc2ccccc2n1)N(C)Cc1cccn1C.I. The molecule has 3 rings (SSSR count). The summed E-state index contributed by atoms with van der Waals surface area (Å²) in [6, 6.07) is 16.6. The number of nitrogens with zero attached hydrogens (tertiary/aromatic N) is 4. The van der Waals surface area contributed by atoms with Crippen LogP contribution in [0.5, 0.6) is 0 Å². The number of benzene rings is 1. The van der Waals surface area contributed by atoms with Crippen LogP contribution in [-0.2, 0) is 20.0 Å². The highest BCUT2D eigenvalue weighted by Crippen LogP contribution is 2.12. The third kappa shape index (κ3) is 4.97. The summed E-state index contributed by atoms with van der Waals surface area (Å²) >= 11 is 0. The second kappa shape index (κ2) is 9.56. The smallest absolute Gasteiger partial charge is 0.193 e. The van der Waals surface area contributed by atoms with Gasteiger partial charge in [-0.2, -0.15) is 0 Å².